The number of hydrogen-bond donors (Lipinski definition) is 3. The van der Waals surface area contributed by atoms with Crippen LogP contribution < -0.4 is 15.8 Å². The molecule has 0 spiro atoms. The number of aliphatic imine (C=N–C) groups is 1. The van der Waals surface area contributed by atoms with Gasteiger partial charge in [-0.2, -0.15) is 5.10 Å². The van der Waals surface area contributed by atoms with Gasteiger partial charge in [-0.1, -0.05) is 20.8 Å². The predicted octanol–water partition coefficient (Wildman–Crippen LogP) is 2.52. The Bertz CT molecular complexity index is 1720. The Hall–Kier alpha value is -4.54. The van der Waals surface area contributed by atoms with Crippen LogP contribution in [-0.2, 0) is 33.4 Å². The number of amides is 3. The van der Waals surface area contributed by atoms with E-state index in [4.69, 9.17) is 24.7 Å². The number of piperazine rings is 1. The Morgan fingerprint density at radius 3 is 2.27 bits per heavy atom. The van der Waals surface area contributed by atoms with Crippen molar-refractivity contribution in [2.45, 2.75) is 83.9 Å². The molecule has 0 bridgehead atoms. The molecule has 3 amide bonds. The molecule has 2 unspecified atom stereocenters. The minimum atomic E-state index is -0.733. The summed E-state index contributed by atoms with van der Waals surface area (Å²) >= 11 is 0. The average Bonchev–Trinajstić information content (AvgIpc) is 3.52. The maximum Gasteiger partial charge on any atom is 0.246 e. The van der Waals surface area contributed by atoms with E-state index in [0.29, 0.717) is 83.6 Å². The molecule has 5 rings (SSSR count). The molecule has 1 aromatic heterocycles. The highest BCUT2D eigenvalue weighted by molar-refractivity contribution is 6.01. The number of rotatable bonds is 19. The van der Waals surface area contributed by atoms with Gasteiger partial charge in [0.25, 0.3) is 0 Å². The Balaban J connectivity index is 0.913. The second kappa shape index (κ2) is 19.6. The number of nitrogens with two attached hydrogens (primary N) is 1. The van der Waals surface area contributed by atoms with Crippen LogP contribution in [0.1, 0.15) is 71.9 Å². The minimum Gasteiger partial charge on any atom is -0.488 e. The third-order valence-electron chi connectivity index (χ3n) is 10.4. The number of H-pyrrole nitrogens is 1. The van der Waals surface area contributed by atoms with Crippen LogP contribution >= 0.6 is 0 Å². The molecule has 16 nitrogen and oxygen atoms in total. The fourth-order valence-electron chi connectivity index (χ4n) is 6.81. The quantitative estimate of drug-likeness (QED) is 0.0821. The van der Waals surface area contributed by atoms with Crippen LogP contribution in [0.5, 0.6) is 5.75 Å². The van der Waals surface area contributed by atoms with E-state index in [9.17, 15) is 19.2 Å². The summed E-state index contributed by atoms with van der Waals surface area (Å²) < 4.78 is 22.9. The standard InChI is InChI=1S/C40H60N8O8/c1-39(2,3)37(38(52)48-14-6-7-28(48)27-49)43-34(50)10-19-53-21-23-55-24-22-54-20-11-35(51)47-17-15-46(16-18-47)33(42-5)26-31(41)36-30-25-29(56-40(4)12-13-40)8-9-32(30)44-45-36/h8-9,25-28,37H,6-7,10-24,41H2,1-5H3,(H,43,50)(H,44,45). The Kier molecular flexibility index (Phi) is 14.9. The topological polar surface area (TPSA) is 194 Å². The Morgan fingerprint density at radius 1 is 1.00 bits per heavy atom. The van der Waals surface area contributed by atoms with E-state index in [-0.39, 0.29) is 42.8 Å². The number of benzene rings is 1. The van der Waals surface area contributed by atoms with Gasteiger partial charge in [-0.3, -0.25) is 24.5 Å². The molecule has 3 aliphatic rings. The first-order valence-electron chi connectivity index (χ1n) is 19.7. The summed E-state index contributed by atoms with van der Waals surface area (Å²) in [5, 5.41) is 11.3. The molecule has 2 saturated heterocycles. The number of amidine groups is 1. The van der Waals surface area contributed by atoms with Gasteiger partial charge in [-0.25, -0.2) is 0 Å². The van der Waals surface area contributed by atoms with Gasteiger partial charge in [-0.05, 0) is 56.2 Å². The van der Waals surface area contributed by atoms with Crippen LogP contribution in [0, 0.1) is 5.41 Å². The van der Waals surface area contributed by atoms with Crippen LogP contribution in [0.3, 0.4) is 0 Å². The molecule has 1 aliphatic carbocycles. The summed E-state index contributed by atoms with van der Waals surface area (Å²) in [4.78, 5) is 60.1. The highest BCUT2D eigenvalue weighted by atomic mass is 16.5. The highest BCUT2D eigenvalue weighted by Crippen LogP contribution is 2.40. The zero-order chi connectivity index (χ0) is 40.3. The molecule has 1 saturated carbocycles. The first-order chi connectivity index (χ1) is 26.8. The van der Waals surface area contributed by atoms with Crippen molar-refractivity contribution >= 4 is 46.4 Å². The number of carbonyl (C=O) groups excluding carboxylic acids is 4. The number of fused-ring (bicyclic) bond motifs is 1. The number of aromatic nitrogens is 2. The molecule has 56 heavy (non-hydrogen) atoms. The van der Waals surface area contributed by atoms with E-state index in [0.717, 1.165) is 48.0 Å². The van der Waals surface area contributed by atoms with Crippen molar-refractivity contribution in [1.29, 1.82) is 0 Å². The number of nitrogens with zero attached hydrogens (tertiary/aromatic N) is 5. The van der Waals surface area contributed by atoms with Crippen LogP contribution in [-0.4, -0.2) is 152 Å². The van der Waals surface area contributed by atoms with E-state index < -0.39 is 17.5 Å². The molecule has 2 aromatic rings. The SMILES string of the molecule is CN=C(C=C(N)c1n[nH]c2ccc(OC3(C)CC3)cc12)N1CCN(C(=O)CCOCCOCCOCCC(=O)NC(C(=O)N2CCCC2C=O)C(C)(C)C)CC1. The molecule has 308 valence electrons. The number of carbonyl (C=O) groups is 4. The number of likely N-dealkylation sites (tertiary alicyclic amines) is 1. The highest BCUT2D eigenvalue weighted by Gasteiger charge is 2.41. The van der Waals surface area contributed by atoms with Gasteiger partial charge < -0.3 is 49.5 Å². The molecule has 0 radical (unpaired) electrons. The van der Waals surface area contributed by atoms with Crippen molar-refractivity contribution < 1.29 is 38.1 Å². The second-order valence-corrected chi connectivity index (χ2v) is 16.0. The molecule has 3 heterocycles. The van der Waals surface area contributed by atoms with Crippen molar-refractivity contribution in [3.63, 3.8) is 0 Å². The van der Waals surface area contributed by atoms with Crippen molar-refractivity contribution in [2.75, 3.05) is 79.4 Å². The zero-order valence-electron chi connectivity index (χ0n) is 33.6. The van der Waals surface area contributed by atoms with Crippen molar-refractivity contribution in [2.24, 2.45) is 16.1 Å². The lowest BCUT2D eigenvalue weighted by Crippen LogP contribution is -2.56. The largest absolute Gasteiger partial charge is 0.488 e. The van der Waals surface area contributed by atoms with Gasteiger partial charge in [0.15, 0.2) is 0 Å². The Morgan fingerprint density at radius 2 is 1.64 bits per heavy atom. The van der Waals surface area contributed by atoms with Gasteiger partial charge in [0.2, 0.25) is 17.7 Å². The first kappa shape index (κ1) is 42.6. The van der Waals surface area contributed by atoms with Crippen molar-refractivity contribution in [3.8, 4) is 5.75 Å². The smallest absolute Gasteiger partial charge is 0.246 e. The van der Waals surface area contributed by atoms with Gasteiger partial charge in [-0.15, -0.1) is 0 Å². The lowest BCUT2D eigenvalue weighted by molar-refractivity contribution is -0.141. The van der Waals surface area contributed by atoms with E-state index in [2.05, 4.69) is 32.3 Å². The van der Waals surface area contributed by atoms with E-state index in [1.165, 1.54) is 0 Å². The maximum atomic E-state index is 13.2. The first-order valence-corrected chi connectivity index (χ1v) is 19.7. The average molecular weight is 781 g/mol. The van der Waals surface area contributed by atoms with Crippen LogP contribution in [0.4, 0.5) is 0 Å². The molecule has 2 aliphatic heterocycles. The van der Waals surface area contributed by atoms with Crippen LogP contribution in [0.15, 0.2) is 29.3 Å². The van der Waals surface area contributed by atoms with Crippen molar-refractivity contribution in [1.82, 2.24) is 30.2 Å². The fraction of sp³-hybridized carbons (Fsp3) is 0.650. The number of hydrogen-bond acceptors (Lipinski definition) is 11. The fourth-order valence-corrected chi connectivity index (χ4v) is 6.81. The molecular weight excluding hydrogens is 720 g/mol. The molecule has 3 fully saturated rings. The summed E-state index contributed by atoms with van der Waals surface area (Å²) in [5.41, 5.74) is 7.96. The summed E-state index contributed by atoms with van der Waals surface area (Å²) in [6, 6.07) is 4.71. The van der Waals surface area contributed by atoms with Gasteiger partial charge in [0, 0.05) is 57.7 Å². The van der Waals surface area contributed by atoms with E-state index in [1.807, 2.05) is 49.9 Å². The summed E-state index contributed by atoms with van der Waals surface area (Å²) in [6.45, 7) is 12.5. The summed E-state index contributed by atoms with van der Waals surface area (Å²) in [5.74, 6) is 1.05. The lowest BCUT2D eigenvalue weighted by Gasteiger charge is -2.36. The van der Waals surface area contributed by atoms with Crippen molar-refractivity contribution in [3.05, 3.63) is 30.0 Å². The predicted molar refractivity (Wildman–Crippen MR) is 212 cm³/mol. The summed E-state index contributed by atoms with van der Waals surface area (Å²) in [6.07, 6.45) is 6.54. The second-order valence-electron chi connectivity index (χ2n) is 16.0. The normalized spacial score (nSPS) is 19.3. The summed E-state index contributed by atoms with van der Waals surface area (Å²) in [7, 11) is 1.73. The Labute approximate surface area is 329 Å². The number of nitrogens with one attached hydrogen (secondary N) is 2. The molecule has 16 heteroatoms. The lowest BCUT2D eigenvalue weighted by atomic mass is 9.85. The monoisotopic (exact) mass is 780 g/mol. The molecular formula is C40H60N8O8. The third-order valence-corrected chi connectivity index (χ3v) is 10.4. The number of aromatic amines is 1. The molecule has 4 N–H and O–H groups in total. The molecule has 2 atom stereocenters. The maximum absolute atomic E-state index is 13.2. The van der Waals surface area contributed by atoms with E-state index >= 15 is 0 Å². The number of aldehydes is 1. The van der Waals surface area contributed by atoms with Gasteiger partial charge in [0.1, 0.15) is 35.2 Å². The van der Waals surface area contributed by atoms with Crippen LogP contribution in [0.25, 0.3) is 16.6 Å². The molecule has 1 aromatic carbocycles. The number of ether oxygens (including phenoxy) is 4. The van der Waals surface area contributed by atoms with E-state index in [1.54, 1.807) is 11.9 Å². The van der Waals surface area contributed by atoms with Gasteiger partial charge in [0.05, 0.1) is 63.3 Å². The third kappa shape index (κ3) is 11.7. The zero-order valence-corrected chi connectivity index (χ0v) is 33.6. The van der Waals surface area contributed by atoms with Crippen LogP contribution in [0.2, 0.25) is 0 Å². The minimum absolute atomic E-state index is 0.0357. The van der Waals surface area contributed by atoms with Gasteiger partial charge >= 0.3 is 0 Å².